The Hall–Kier alpha value is -2.35. The molecule has 0 bridgehead atoms. The Balaban J connectivity index is 2.39. The van der Waals surface area contributed by atoms with Gasteiger partial charge in [0.05, 0.1) is 16.9 Å². The normalized spacial score (nSPS) is 13.0. The van der Waals surface area contributed by atoms with Gasteiger partial charge in [-0.25, -0.2) is 4.68 Å². The van der Waals surface area contributed by atoms with E-state index in [4.69, 9.17) is 4.74 Å². The van der Waals surface area contributed by atoms with E-state index in [9.17, 15) is 18.0 Å². The third-order valence-corrected chi connectivity index (χ3v) is 3.22. The first-order valence-corrected chi connectivity index (χ1v) is 6.80. The minimum atomic E-state index is -4.45. The van der Waals surface area contributed by atoms with Gasteiger partial charge in [0.2, 0.25) is 0 Å². The van der Waals surface area contributed by atoms with Crippen LogP contribution in [0.1, 0.15) is 18.2 Å². The third-order valence-electron chi connectivity index (χ3n) is 3.22. The highest BCUT2D eigenvalue weighted by Gasteiger charge is 2.30. The van der Waals surface area contributed by atoms with Crippen LogP contribution >= 0.6 is 0 Å². The number of aromatic nitrogens is 2. The molecule has 1 amide bonds. The first-order chi connectivity index (χ1) is 10.7. The highest BCUT2D eigenvalue weighted by Crippen LogP contribution is 2.31. The average Bonchev–Trinajstić information content (AvgIpc) is 2.86. The molecule has 23 heavy (non-hydrogen) atoms. The summed E-state index contributed by atoms with van der Waals surface area (Å²) < 4.78 is 44.7. The summed E-state index contributed by atoms with van der Waals surface area (Å²) in [4.78, 5) is 11.9. The molecule has 124 valence electrons. The molecule has 0 unspecified atom stereocenters. The number of nitrogens with zero attached hydrogens (tertiary/aromatic N) is 2. The van der Waals surface area contributed by atoms with Gasteiger partial charge in [-0.1, -0.05) is 6.07 Å². The number of ether oxygens (including phenoxy) is 1. The van der Waals surface area contributed by atoms with Crippen molar-refractivity contribution in [2.24, 2.45) is 0 Å². The minimum Gasteiger partial charge on any atom is -0.372 e. The maximum Gasteiger partial charge on any atom is 0.416 e. The number of carbonyl (C=O) groups is 1. The third kappa shape index (κ3) is 3.89. The zero-order chi connectivity index (χ0) is 17.2. The Bertz CT molecular complexity index is 710. The molecule has 0 spiro atoms. The highest BCUT2D eigenvalue weighted by atomic mass is 19.4. The van der Waals surface area contributed by atoms with Crippen LogP contribution < -0.4 is 5.32 Å². The van der Waals surface area contributed by atoms with Gasteiger partial charge >= 0.3 is 6.18 Å². The fraction of sp³-hybridized carbons (Fsp3) is 0.333. The summed E-state index contributed by atoms with van der Waals surface area (Å²) in [6.45, 7) is 3.24. The molecule has 1 N–H and O–H groups in total. The molecular formula is C15H16F3N3O2. The number of amides is 1. The SMILES string of the molecule is CO[C@H](C)C(=O)Nc1cc(C)nn1-c1cccc(C(F)(F)F)c1. The van der Waals surface area contributed by atoms with Gasteiger partial charge in [-0.05, 0) is 32.0 Å². The summed E-state index contributed by atoms with van der Waals surface area (Å²) in [5, 5.41) is 6.73. The van der Waals surface area contributed by atoms with E-state index in [1.807, 2.05) is 0 Å². The molecule has 0 aliphatic carbocycles. The summed E-state index contributed by atoms with van der Waals surface area (Å²) in [5.41, 5.74) is -0.0261. The molecule has 0 fully saturated rings. The predicted octanol–water partition coefficient (Wildman–Crippen LogP) is 3.17. The lowest BCUT2D eigenvalue weighted by molar-refractivity contribution is -0.137. The van der Waals surface area contributed by atoms with Crippen molar-refractivity contribution in [3.8, 4) is 5.69 Å². The van der Waals surface area contributed by atoms with Crippen molar-refractivity contribution in [2.45, 2.75) is 26.1 Å². The Labute approximate surface area is 131 Å². The molecule has 0 saturated carbocycles. The molecule has 1 aromatic heterocycles. The Morgan fingerprint density at radius 2 is 2.04 bits per heavy atom. The van der Waals surface area contributed by atoms with Crippen LogP contribution in [0.2, 0.25) is 0 Å². The summed E-state index contributed by atoms with van der Waals surface area (Å²) in [6.07, 6.45) is -5.15. The first-order valence-electron chi connectivity index (χ1n) is 6.80. The fourth-order valence-electron chi connectivity index (χ4n) is 1.93. The van der Waals surface area contributed by atoms with Crippen LogP contribution in [0.3, 0.4) is 0 Å². The molecular weight excluding hydrogens is 311 g/mol. The van der Waals surface area contributed by atoms with Gasteiger partial charge in [0.15, 0.2) is 0 Å². The van der Waals surface area contributed by atoms with Crippen LogP contribution in [0, 0.1) is 6.92 Å². The fourth-order valence-corrected chi connectivity index (χ4v) is 1.93. The average molecular weight is 327 g/mol. The van der Waals surface area contributed by atoms with E-state index in [2.05, 4.69) is 10.4 Å². The van der Waals surface area contributed by atoms with Crippen LogP contribution in [0.25, 0.3) is 5.69 Å². The molecule has 0 aliphatic rings. The second-order valence-electron chi connectivity index (χ2n) is 5.00. The number of hydrogen-bond acceptors (Lipinski definition) is 3. The van der Waals surface area contributed by atoms with Gasteiger partial charge < -0.3 is 10.1 Å². The van der Waals surface area contributed by atoms with E-state index in [0.29, 0.717) is 5.69 Å². The standard InChI is InChI=1S/C15H16F3N3O2/c1-9-7-13(19-14(22)10(2)23-3)21(20-9)12-6-4-5-11(8-12)15(16,17)18/h4-8,10H,1-3H3,(H,19,22)/t10-/m1/s1. The lowest BCUT2D eigenvalue weighted by Crippen LogP contribution is -2.27. The quantitative estimate of drug-likeness (QED) is 0.938. The van der Waals surface area contributed by atoms with E-state index in [-0.39, 0.29) is 11.5 Å². The van der Waals surface area contributed by atoms with Gasteiger partial charge in [0.1, 0.15) is 11.9 Å². The smallest absolute Gasteiger partial charge is 0.372 e. The molecule has 8 heteroatoms. The van der Waals surface area contributed by atoms with Crippen molar-refractivity contribution in [2.75, 3.05) is 12.4 Å². The molecule has 0 saturated heterocycles. The molecule has 2 rings (SSSR count). The zero-order valence-electron chi connectivity index (χ0n) is 12.8. The monoisotopic (exact) mass is 327 g/mol. The topological polar surface area (TPSA) is 56.1 Å². The van der Waals surface area contributed by atoms with Crippen molar-refractivity contribution in [1.82, 2.24) is 9.78 Å². The molecule has 0 aliphatic heterocycles. The number of carbonyl (C=O) groups excluding carboxylic acids is 1. The number of hydrogen-bond donors (Lipinski definition) is 1. The largest absolute Gasteiger partial charge is 0.416 e. The number of aryl methyl sites for hydroxylation is 1. The van der Waals surface area contributed by atoms with Crippen molar-refractivity contribution in [3.63, 3.8) is 0 Å². The van der Waals surface area contributed by atoms with Crippen molar-refractivity contribution >= 4 is 11.7 Å². The Morgan fingerprint density at radius 1 is 1.35 bits per heavy atom. The van der Waals surface area contributed by atoms with Crippen molar-refractivity contribution in [3.05, 3.63) is 41.6 Å². The van der Waals surface area contributed by atoms with E-state index in [1.54, 1.807) is 19.9 Å². The van der Waals surface area contributed by atoms with E-state index < -0.39 is 23.8 Å². The second kappa shape index (κ2) is 6.41. The summed E-state index contributed by atoms with van der Waals surface area (Å²) >= 11 is 0. The van der Waals surface area contributed by atoms with Crippen molar-refractivity contribution in [1.29, 1.82) is 0 Å². The Kier molecular flexibility index (Phi) is 4.74. The summed E-state index contributed by atoms with van der Waals surface area (Å²) in [7, 11) is 1.39. The lowest BCUT2D eigenvalue weighted by Gasteiger charge is -2.13. The highest BCUT2D eigenvalue weighted by molar-refractivity contribution is 5.93. The van der Waals surface area contributed by atoms with E-state index in [1.165, 1.54) is 23.9 Å². The van der Waals surface area contributed by atoms with Crippen LogP contribution in [0.4, 0.5) is 19.0 Å². The van der Waals surface area contributed by atoms with Gasteiger partial charge in [-0.2, -0.15) is 18.3 Å². The molecule has 5 nitrogen and oxygen atoms in total. The number of methoxy groups -OCH3 is 1. The molecule has 1 aromatic carbocycles. The van der Waals surface area contributed by atoms with Gasteiger partial charge in [0.25, 0.3) is 5.91 Å². The van der Waals surface area contributed by atoms with E-state index in [0.717, 1.165) is 12.1 Å². The number of rotatable bonds is 4. The second-order valence-corrected chi connectivity index (χ2v) is 5.00. The number of nitrogens with one attached hydrogen (secondary N) is 1. The van der Waals surface area contributed by atoms with Crippen LogP contribution in [-0.2, 0) is 15.7 Å². The van der Waals surface area contributed by atoms with Crippen LogP contribution in [0.5, 0.6) is 0 Å². The van der Waals surface area contributed by atoms with Gasteiger partial charge in [0, 0.05) is 13.2 Å². The maximum absolute atomic E-state index is 12.8. The minimum absolute atomic E-state index is 0.202. The zero-order valence-corrected chi connectivity index (χ0v) is 12.8. The van der Waals surface area contributed by atoms with Gasteiger partial charge in [-0.15, -0.1) is 0 Å². The number of alkyl halides is 3. The molecule has 1 heterocycles. The molecule has 0 radical (unpaired) electrons. The number of halogens is 3. The number of benzene rings is 1. The van der Waals surface area contributed by atoms with Gasteiger partial charge in [-0.3, -0.25) is 4.79 Å². The first kappa shape index (κ1) is 17.0. The maximum atomic E-state index is 12.8. The predicted molar refractivity (Wildman–Crippen MR) is 78.4 cm³/mol. The summed E-state index contributed by atoms with van der Waals surface area (Å²) in [6, 6.07) is 6.29. The molecule has 2 aromatic rings. The van der Waals surface area contributed by atoms with Crippen LogP contribution in [-0.4, -0.2) is 28.9 Å². The van der Waals surface area contributed by atoms with E-state index >= 15 is 0 Å². The molecule has 1 atom stereocenters. The number of anilines is 1. The van der Waals surface area contributed by atoms with Crippen molar-refractivity contribution < 1.29 is 22.7 Å². The Morgan fingerprint density at radius 3 is 2.65 bits per heavy atom. The lowest BCUT2D eigenvalue weighted by atomic mass is 10.2. The van der Waals surface area contributed by atoms with Crippen LogP contribution in [0.15, 0.2) is 30.3 Å². The summed E-state index contributed by atoms with van der Waals surface area (Å²) in [5.74, 6) is -0.142.